The quantitative estimate of drug-likeness (QED) is 0.678. The second-order valence-corrected chi connectivity index (χ2v) is 5.76. The van der Waals surface area contributed by atoms with Crippen molar-refractivity contribution < 1.29 is 9.84 Å². The first-order chi connectivity index (χ1) is 10.2. The molecule has 1 aromatic rings. The standard InChI is InChI=1S/C18H31NO2/c1-4-6-12-19(16(3)5-2)13-18(20)15-21-14-17-10-8-7-9-11-17/h7-11,16,18,20H,4-6,12-15H2,1-3H3/t16-,18+/m1/s1. The van der Waals surface area contributed by atoms with E-state index in [0.717, 1.165) is 18.5 Å². The number of aliphatic hydroxyl groups excluding tert-OH is 1. The number of hydrogen-bond donors (Lipinski definition) is 1. The van der Waals surface area contributed by atoms with Gasteiger partial charge in [-0.05, 0) is 31.9 Å². The van der Waals surface area contributed by atoms with Crippen LogP contribution in [0.15, 0.2) is 30.3 Å². The highest BCUT2D eigenvalue weighted by atomic mass is 16.5. The highest BCUT2D eigenvalue weighted by Crippen LogP contribution is 2.08. The van der Waals surface area contributed by atoms with Crippen LogP contribution in [0.3, 0.4) is 0 Å². The summed E-state index contributed by atoms with van der Waals surface area (Å²) in [5.74, 6) is 0. The van der Waals surface area contributed by atoms with Crippen LogP contribution in [0.25, 0.3) is 0 Å². The second-order valence-electron chi connectivity index (χ2n) is 5.76. The van der Waals surface area contributed by atoms with Gasteiger partial charge in [-0.3, -0.25) is 4.90 Å². The third-order valence-electron chi connectivity index (χ3n) is 3.88. The molecule has 0 saturated heterocycles. The van der Waals surface area contributed by atoms with Crippen LogP contribution in [0.4, 0.5) is 0 Å². The van der Waals surface area contributed by atoms with Crippen molar-refractivity contribution in [3.63, 3.8) is 0 Å². The first-order valence-electron chi connectivity index (χ1n) is 8.21. The summed E-state index contributed by atoms with van der Waals surface area (Å²) in [7, 11) is 0. The zero-order chi connectivity index (χ0) is 15.5. The Morgan fingerprint density at radius 1 is 1.19 bits per heavy atom. The first kappa shape index (κ1) is 18.1. The maximum absolute atomic E-state index is 10.2. The van der Waals surface area contributed by atoms with Crippen LogP contribution in [-0.4, -0.2) is 41.8 Å². The highest BCUT2D eigenvalue weighted by Gasteiger charge is 2.16. The second kappa shape index (κ2) is 10.8. The maximum atomic E-state index is 10.2. The minimum Gasteiger partial charge on any atom is -0.389 e. The molecule has 0 aliphatic carbocycles. The van der Waals surface area contributed by atoms with E-state index in [1.165, 1.54) is 12.8 Å². The van der Waals surface area contributed by atoms with Gasteiger partial charge in [0.1, 0.15) is 0 Å². The Hall–Kier alpha value is -0.900. The molecule has 3 nitrogen and oxygen atoms in total. The summed E-state index contributed by atoms with van der Waals surface area (Å²) in [6.45, 7) is 9.35. The Morgan fingerprint density at radius 3 is 2.52 bits per heavy atom. The van der Waals surface area contributed by atoms with Crippen molar-refractivity contribution in [3.05, 3.63) is 35.9 Å². The first-order valence-corrected chi connectivity index (χ1v) is 8.21. The summed E-state index contributed by atoms with van der Waals surface area (Å²) < 4.78 is 5.62. The van der Waals surface area contributed by atoms with Crippen LogP contribution in [0, 0.1) is 0 Å². The summed E-state index contributed by atoms with van der Waals surface area (Å²) in [4.78, 5) is 2.38. The molecule has 0 radical (unpaired) electrons. The van der Waals surface area contributed by atoms with Gasteiger partial charge in [-0.1, -0.05) is 50.6 Å². The molecule has 0 aliphatic rings. The molecule has 0 bridgehead atoms. The molecule has 0 saturated carbocycles. The van der Waals surface area contributed by atoms with Gasteiger partial charge >= 0.3 is 0 Å². The predicted molar refractivity (Wildman–Crippen MR) is 88.3 cm³/mol. The van der Waals surface area contributed by atoms with Crippen molar-refractivity contribution in [2.45, 2.75) is 58.8 Å². The molecule has 0 aliphatic heterocycles. The lowest BCUT2D eigenvalue weighted by Gasteiger charge is -2.30. The van der Waals surface area contributed by atoms with Crippen LogP contribution >= 0.6 is 0 Å². The molecule has 0 unspecified atom stereocenters. The van der Waals surface area contributed by atoms with Crippen LogP contribution in [0.2, 0.25) is 0 Å². The smallest absolute Gasteiger partial charge is 0.0900 e. The Kier molecular flexibility index (Phi) is 9.31. The lowest BCUT2D eigenvalue weighted by atomic mass is 10.1. The van der Waals surface area contributed by atoms with Crippen molar-refractivity contribution in [1.29, 1.82) is 0 Å². The van der Waals surface area contributed by atoms with Gasteiger partial charge in [0.2, 0.25) is 0 Å². The molecule has 1 aromatic carbocycles. The van der Waals surface area contributed by atoms with E-state index in [0.29, 0.717) is 25.8 Å². The van der Waals surface area contributed by atoms with Crippen LogP contribution in [0.1, 0.15) is 45.6 Å². The van der Waals surface area contributed by atoms with E-state index in [9.17, 15) is 5.11 Å². The third-order valence-corrected chi connectivity index (χ3v) is 3.88. The van der Waals surface area contributed by atoms with E-state index in [2.05, 4.69) is 25.7 Å². The fraction of sp³-hybridized carbons (Fsp3) is 0.667. The number of ether oxygens (including phenoxy) is 1. The number of benzene rings is 1. The van der Waals surface area contributed by atoms with Gasteiger partial charge in [-0.15, -0.1) is 0 Å². The van der Waals surface area contributed by atoms with Crippen LogP contribution < -0.4 is 0 Å². The topological polar surface area (TPSA) is 32.7 Å². The largest absolute Gasteiger partial charge is 0.389 e. The summed E-state index contributed by atoms with van der Waals surface area (Å²) in [6, 6.07) is 10.6. The normalized spacial score (nSPS) is 14.3. The molecule has 1 rings (SSSR count). The minimum atomic E-state index is -0.417. The summed E-state index contributed by atoms with van der Waals surface area (Å²) >= 11 is 0. The van der Waals surface area contributed by atoms with E-state index in [1.54, 1.807) is 0 Å². The molecule has 0 aromatic heterocycles. The Labute approximate surface area is 129 Å². The summed E-state index contributed by atoms with van der Waals surface area (Å²) in [5, 5.41) is 10.2. The highest BCUT2D eigenvalue weighted by molar-refractivity contribution is 5.13. The fourth-order valence-corrected chi connectivity index (χ4v) is 2.32. The minimum absolute atomic E-state index is 0.397. The Morgan fingerprint density at radius 2 is 1.90 bits per heavy atom. The molecule has 1 N–H and O–H groups in total. The lowest BCUT2D eigenvalue weighted by molar-refractivity contribution is 0.00302. The molecule has 0 amide bonds. The third kappa shape index (κ3) is 7.60. The van der Waals surface area contributed by atoms with Crippen molar-refractivity contribution in [2.24, 2.45) is 0 Å². The number of unbranched alkanes of at least 4 members (excludes halogenated alkanes) is 1. The van der Waals surface area contributed by atoms with Crippen molar-refractivity contribution in [3.8, 4) is 0 Å². The van der Waals surface area contributed by atoms with Gasteiger partial charge < -0.3 is 9.84 Å². The molecule has 3 heteroatoms. The van der Waals surface area contributed by atoms with Gasteiger partial charge in [-0.2, -0.15) is 0 Å². The summed E-state index contributed by atoms with van der Waals surface area (Å²) in [5.41, 5.74) is 1.15. The SMILES string of the molecule is CCCCN(C[C@H](O)COCc1ccccc1)[C@H](C)CC. The summed E-state index contributed by atoms with van der Waals surface area (Å²) in [6.07, 6.45) is 3.07. The van der Waals surface area contributed by atoms with E-state index < -0.39 is 6.10 Å². The van der Waals surface area contributed by atoms with Crippen molar-refractivity contribution >= 4 is 0 Å². The van der Waals surface area contributed by atoms with Crippen LogP contribution in [0.5, 0.6) is 0 Å². The number of nitrogens with zero attached hydrogens (tertiary/aromatic N) is 1. The van der Waals surface area contributed by atoms with Gasteiger partial charge in [0.15, 0.2) is 0 Å². The van der Waals surface area contributed by atoms with Crippen molar-refractivity contribution in [1.82, 2.24) is 4.90 Å². The monoisotopic (exact) mass is 293 g/mol. The van der Waals surface area contributed by atoms with Gasteiger partial charge in [-0.25, -0.2) is 0 Å². The average molecular weight is 293 g/mol. The molecule has 0 heterocycles. The van der Waals surface area contributed by atoms with E-state index in [4.69, 9.17) is 4.74 Å². The number of aliphatic hydroxyl groups is 1. The molecular weight excluding hydrogens is 262 g/mol. The van der Waals surface area contributed by atoms with E-state index >= 15 is 0 Å². The van der Waals surface area contributed by atoms with E-state index in [-0.39, 0.29) is 0 Å². The average Bonchev–Trinajstić information content (AvgIpc) is 2.51. The predicted octanol–water partition coefficient (Wildman–Crippen LogP) is 3.46. The fourth-order valence-electron chi connectivity index (χ4n) is 2.32. The molecular formula is C18H31NO2. The zero-order valence-electron chi connectivity index (χ0n) is 13.8. The van der Waals surface area contributed by atoms with Crippen LogP contribution in [-0.2, 0) is 11.3 Å². The Bertz CT molecular complexity index is 355. The van der Waals surface area contributed by atoms with Gasteiger partial charge in [0.05, 0.1) is 19.3 Å². The van der Waals surface area contributed by atoms with E-state index in [1.807, 2.05) is 30.3 Å². The van der Waals surface area contributed by atoms with Gasteiger partial charge in [0.25, 0.3) is 0 Å². The molecule has 120 valence electrons. The molecule has 0 fully saturated rings. The van der Waals surface area contributed by atoms with Crippen molar-refractivity contribution in [2.75, 3.05) is 19.7 Å². The molecule has 2 atom stereocenters. The number of rotatable bonds is 11. The lowest BCUT2D eigenvalue weighted by Crippen LogP contribution is -2.40. The molecule has 0 spiro atoms. The molecule has 21 heavy (non-hydrogen) atoms. The Balaban J connectivity index is 2.30. The van der Waals surface area contributed by atoms with Gasteiger partial charge in [0, 0.05) is 12.6 Å². The zero-order valence-corrected chi connectivity index (χ0v) is 13.8. The number of hydrogen-bond acceptors (Lipinski definition) is 3. The maximum Gasteiger partial charge on any atom is 0.0900 e.